The molecule has 0 atom stereocenters. The highest BCUT2D eigenvalue weighted by Gasteiger charge is 1.98. The topological polar surface area (TPSA) is 42.1 Å². The average Bonchev–Trinajstić information content (AvgIpc) is 2.13. The zero-order valence-electron chi connectivity index (χ0n) is 6.98. The Morgan fingerprint density at radius 3 is 2.42 bits per heavy atom. The first-order chi connectivity index (χ1) is 4.68. The van der Waals surface area contributed by atoms with Crippen molar-refractivity contribution in [2.24, 2.45) is 0 Å². The summed E-state index contributed by atoms with van der Waals surface area (Å²) in [5.41, 5.74) is 6.54. The number of hydrogen-bond acceptors (Lipinski definition) is 4. The van der Waals surface area contributed by atoms with Crippen molar-refractivity contribution in [3.05, 3.63) is 11.8 Å². The van der Waals surface area contributed by atoms with Gasteiger partial charge in [-0.3, -0.25) is 0 Å². The standard InChI is InChI=1S/C6H11N3S.2ClH/c1-9(2)4-5-3-6(7)10-8-5;;/h3H,4,7H2,1-2H3;2*1H. The molecule has 0 saturated heterocycles. The van der Waals surface area contributed by atoms with Gasteiger partial charge >= 0.3 is 0 Å². The first-order valence-corrected chi connectivity index (χ1v) is 3.81. The number of rotatable bonds is 2. The Hall–Kier alpha value is -0.0300. The summed E-state index contributed by atoms with van der Waals surface area (Å²) in [6, 6.07) is 1.91. The van der Waals surface area contributed by atoms with Crippen molar-refractivity contribution in [1.29, 1.82) is 0 Å². The molecule has 0 radical (unpaired) electrons. The van der Waals surface area contributed by atoms with Gasteiger partial charge in [0.25, 0.3) is 0 Å². The van der Waals surface area contributed by atoms with Gasteiger partial charge in [0.15, 0.2) is 0 Å². The summed E-state index contributed by atoms with van der Waals surface area (Å²) in [4.78, 5) is 2.06. The van der Waals surface area contributed by atoms with Crippen LogP contribution >= 0.6 is 36.3 Å². The Labute approximate surface area is 88.9 Å². The summed E-state index contributed by atoms with van der Waals surface area (Å²) in [7, 11) is 4.02. The number of nitrogen functional groups attached to an aromatic ring is 1. The van der Waals surface area contributed by atoms with Gasteiger partial charge in [-0.25, -0.2) is 0 Å². The number of anilines is 1. The lowest BCUT2D eigenvalue weighted by atomic mass is 10.4. The second-order valence-corrected chi connectivity index (χ2v) is 3.29. The van der Waals surface area contributed by atoms with Crippen LogP contribution in [-0.4, -0.2) is 23.4 Å². The Balaban J connectivity index is 0. The summed E-state index contributed by atoms with van der Waals surface area (Å²) < 4.78 is 4.13. The van der Waals surface area contributed by atoms with E-state index in [-0.39, 0.29) is 24.8 Å². The van der Waals surface area contributed by atoms with Gasteiger partial charge in [-0.05, 0) is 31.7 Å². The van der Waals surface area contributed by atoms with Crippen molar-refractivity contribution in [3.63, 3.8) is 0 Å². The van der Waals surface area contributed by atoms with Gasteiger partial charge in [0.2, 0.25) is 0 Å². The zero-order valence-corrected chi connectivity index (χ0v) is 9.43. The van der Waals surface area contributed by atoms with Crippen LogP contribution in [-0.2, 0) is 6.54 Å². The second-order valence-electron chi connectivity index (χ2n) is 2.46. The van der Waals surface area contributed by atoms with Crippen LogP contribution < -0.4 is 5.73 Å². The molecule has 0 aliphatic rings. The van der Waals surface area contributed by atoms with Crippen LogP contribution in [0.1, 0.15) is 5.69 Å². The molecule has 0 aromatic carbocycles. The fourth-order valence-corrected chi connectivity index (χ4v) is 1.25. The Morgan fingerprint density at radius 2 is 2.08 bits per heavy atom. The zero-order chi connectivity index (χ0) is 7.56. The van der Waals surface area contributed by atoms with Crippen molar-refractivity contribution in [1.82, 2.24) is 9.27 Å². The molecule has 0 saturated carbocycles. The maximum absolute atomic E-state index is 5.49. The first kappa shape index (κ1) is 14.5. The maximum atomic E-state index is 5.49. The molecular formula is C6H13Cl2N3S. The highest BCUT2D eigenvalue weighted by molar-refractivity contribution is 7.10. The smallest absolute Gasteiger partial charge is 0.107 e. The summed E-state index contributed by atoms with van der Waals surface area (Å²) >= 11 is 1.35. The number of nitrogens with two attached hydrogens (primary N) is 1. The lowest BCUT2D eigenvalue weighted by Gasteiger charge is -2.04. The fourth-order valence-electron chi connectivity index (χ4n) is 0.727. The van der Waals surface area contributed by atoms with Crippen LogP contribution in [0.5, 0.6) is 0 Å². The van der Waals surface area contributed by atoms with Gasteiger partial charge in [-0.1, -0.05) is 0 Å². The molecule has 0 unspecified atom stereocenters. The molecular weight excluding hydrogens is 217 g/mol. The number of halogens is 2. The van der Waals surface area contributed by atoms with Gasteiger partial charge in [0.05, 0.1) is 5.69 Å². The predicted molar refractivity (Wildman–Crippen MR) is 58.4 cm³/mol. The highest BCUT2D eigenvalue weighted by atomic mass is 35.5. The van der Waals surface area contributed by atoms with Gasteiger partial charge in [-0.2, -0.15) is 4.37 Å². The molecule has 1 rings (SSSR count). The third-order valence-corrected chi connectivity index (χ3v) is 1.71. The Morgan fingerprint density at radius 1 is 1.50 bits per heavy atom. The van der Waals surface area contributed by atoms with Crippen LogP contribution in [0.4, 0.5) is 5.00 Å². The molecule has 3 nitrogen and oxygen atoms in total. The average molecular weight is 230 g/mol. The fraction of sp³-hybridized carbons (Fsp3) is 0.500. The monoisotopic (exact) mass is 229 g/mol. The molecule has 0 amide bonds. The van der Waals surface area contributed by atoms with Crippen molar-refractivity contribution in [2.45, 2.75) is 6.54 Å². The van der Waals surface area contributed by atoms with Gasteiger partial charge in [0, 0.05) is 6.54 Å². The van der Waals surface area contributed by atoms with E-state index in [4.69, 9.17) is 5.73 Å². The normalized spacial score (nSPS) is 8.92. The molecule has 0 fully saturated rings. The Kier molecular flexibility index (Phi) is 7.83. The summed E-state index contributed by atoms with van der Waals surface area (Å²) in [6.07, 6.45) is 0. The highest BCUT2D eigenvalue weighted by Crippen LogP contribution is 2.11. The number of hydrogen-bond donors (Lipinski definition) is 1. The van der Waals surface area contributed by atoms with E-state index in [1.54, 1.807) is 0 Å². The summed E-state index contributed by atoms with van der Waals surface area (Å²) in [6.45, 7) is 0.869. The summed E-state index contributed by atoms with van der Waals surface area (Å²) in [5.74, 6) is 0. The van der Waals surface area contributed by atoms with E-state index < -0.39 is 0 Å². The second kappa shape index (κ2) is 6.48. The van der Waals surface area contributed by atoms with Crippen molar-refractivity contribution in [3.8, 4) is 0 Å². The van der Waals surface area contributed by atoms with E-state index in [0.29, 0.717) is 0 Å². The van der Waals surface area contributed by atoms with Gasteiger partial charge in [0.1, 0.15) is 5.00 Å². The van der Waals surface area contributed by atoms with E-state index >= 15 is 0 Å². The number of nitrogens with zero attached hydrogens (tertiary/aromatic N) is 2. The van der Waals surface area contributed by atoms with E-state index in [1.165, 1.54) is 11.5 Å². The van der Waals surface area contributed by atoms with Crippen molar-refractivity contribution < 1.29 is 0 Å². The van der Waals surface area contributed by atoms with Crippen LogP contribution in [0.3, 0.4) is 0 Å². The van der Waals surface area contributed by atoms with E-state index in [9.17, 15) is 0 Å². The maximum Gasteiger partial charge on any atom is 0.107 e. The molecule has 0 aliphatic heterocycles. The molecule has 0 bridgehead atoms. The van der Waals surface area contributed by atoms with Crippen molar-refractivity contribution in [2.75, 3.05) is 19.8 Å². The minimum atomic E-state index is 0. The molecule has 12 heavy (non-hydrogen) atoms. The minimum absolute atomic E-state index is 0. The van der Waals surface area contributed by atoms with Gasteiger partial charge in [-0.15, -0.1) is 24.8 Å². The molecule has 0 aliphatic carbocycles. The molecule has 1 aromatic heterocycles. The molecule has 1 heterocycles. The molecule has 72 valence electrons. The third kappa shape index (κ3) is 4.77. The van der Waals surface area contributed by atoms with E-state index in [1.807, 2.05) is 20.2 Å². The molecule has 6 heteroatoms. The largest absolute Gasteiger partial charge is 0.389 e. The third-order valence-electron chi connectivity index (χ3n) is 1.06. The number of aromatic nitrogens is 1. The Bertz CT molecular complexity index is 214. The summed E-state index contributed by atoms with van der Waals surface area (Å²) in [5, 5.41) is 0.789. The molecule has 1 aromatic rings. The van der Waals surface area contributed by atoms with E-state index in [0.717, 1.165) is 17.2 Å². The minimum Gasteiger partial charge on any atom is -0.389 e. The quantitative estimate of drug-likeness (QED) is 0.839. The van der Waals surface area contributed by atoms with Crippen LogP contribution in [0.25, 0.3) is 0 Å². The molecule has 0 spiro atoms. The SMILES string of the molecule is CN(C)Cc1cc(N)sn1.Cl.Cl. The van der Waals surface area contributed by atoms with Crippen LogP contribution in [0.2, 0.25) is 0 Å². The lowest BCUT2D eigenvalue weighted by molar-refractivity contribution is 0.398. The van der Waals surface area contributed by atoms with Crippen LogP contribution in [0.15, 0.2) is 6.07 Å². The first-order valence-electron chi connectivity index (χ1n) is 3.04. The van der Waals surface area contributed by atoms with Crippen LogP contribution in [0, 0.1) is 0 Å². The molecule has 2 N–H and O–H groups in total. The predicted octanol–water partition coefficient (Wildman–Crippen LogP) is 1.63. The van der Waals surface area contributed by atoms with E-state index in [2.05, 4.69) is 9.27 Å². The van der Waals surface area contributed by atoms with Gasteiger partial charge < -0.3 is 10.6 Å². The lowest BCUT2D eigenvalue weighted by Crippen LogP contribution is -2.10. The van der Waals surface area contributed by atoms with Crippen molar-refractivity contribution >= 4 is 41.3 Å².